The van der Waals surface area contributed by atoms with Gasteiger partial charge in [-0.3, -0.25) is 4.79 Å². The van der Waals surface area contributed by atoms with Gasteiger partial charge in [0.2, 0.25) is 5.91 Å². The van der Waals surface area contributed by atoms with Crippen LogP contribution in [0.4, 0.5) is 0 Å². The number of carbonyl (C=O) groups excluding carboxylic acids is 1. The Kier molecular flexibility index (Phi) is 2.66. The minimum Gasteiger partial charge on any atom is -0.396 e. The molecular formula is C11H16N2O2. The van der Waals surface area contributed by atoms with Crippen molar-refractivity contribution in [2.75, 3.05) is 19.7 Å². The van der Waals surface area contributed by atoms with Crippen molar-refractivity contribution in [2.24, 2.45) is 11.3 Å². The van der Waals surface area contributed by atoms with Crippen molar-refractivity contribution < 1.29 is 9.90 Å². The van der Waals surface area contributed by atoms with Gasteiger partial charge < -0.3 is 10.0 Å². The first-order chi connectivity index (χ1) is 7.22. The van der Waals surface area contributed by atoms with Gasteiger partial charge >= 0.3 is 0 Å². The molecular weight excluding hydrogens is 192 g/mol. The number of rotatable bonds is 2. The summed E-state index contributed by atoms with van der Waals surface area (Å²) in [5.41, 5.74) is 0.180. The number of aliphatic hydroxyl groups excluding tert-OH is 1. The van der Waals surface area contributed by atoms with Gasteiger partial charge in [0.25, 0.3) is 0 Å². The molecule has 0 aromatic carbocycles. The van der Waals surface area contributed by atoms with Crippen LogP contribution in [-0.4, -0.2) is 35.6 Å². The van der Waals surface area contributed by atoms with E-state index in [-0.39, 0.29) is 30.3 Å². The molecule has 0 aromatic heterocycles. The van der Waals surface area contributed by atoms with Gasteiger partial charge in [0.05, 0.1) is 6.07 Å². The van der Waals surface area contributed by atoms with Crippen LogP contribution in [0.1, 0.15) is 25.7 Å². The molecule has 0 radical (unpaired) electrons. The molecule has 0 aromatic rings. The molecule has 1 atom stereocenters. The molecule has 1 unspecified atom stereocenters. The number of aliphatic hydroxyl groups is 1. The Morgan fingerprint density at radius 3 is 2.73 bits per heavy atom. The fraction of sp³-hybridized carbons (Fsp3) is 0.818. The fourth-order valence-corrected chi connectivity index (χ4v) is 2.85. The second-order valence-corrected chi connectivity index (χ2v) is 4.70. The van der Waals surface area contributed by atoms with Gasteiger partial charge in [0.1, 0.15) is 6.42 Å². The lowest BCUT2D eigenvalue weighted by atomic mass is 9.63. The van der Waals surface area contributed by atoms with E-state index in [2.05, 4.69) is 0 Å². The SMILES string of the molecule is N#CCC(=O)N1CC(CO)C2(CCC2)C1. The molecule has 4 heteroatoms. The molecule has 1 saturated heterocycles. The van der Waals surface area contributed by atoms with Crippen LogP contribution < -0.4 is 0 Å². The topological polar surface area (TPSA) is 64.3 Å². The minimum absolute atomic E-state index is 0.0335. The Bertz CT molecular complexity index is 304. The van der Waals surface area contributed by atoms with Crippen LogP contribution >= 0.6 is 0 Å². The number of hydrogen-bond acceptors (Lipinski definition) is 3. The first-order valence-corrected chi connectivity index (χ1v) is 5.47. The van der Waals surface area contributed by atoms with Crippen molar-refractivity contribution in [2.45, 2.75) is 25.7 Å². The second-order valence-electron chi connectivity index (χ2n) is 4.70. The number of hydrogen-bond donors (Lipinski definition) is 1. The molecule has 1 heterocycles. The summed E-state index contributed by atoms with van der Waals surface area (Å²) in [6.45, 7) is 1.55. The Morgan fingerprint density at radius 1 is 1.60 bits per heavy atom. The Morgan fingerprint density at radius 2 is 2.33 bits per heavy atom. The molecule has 0 bridgehead atoms. The van der Waals surface area contributed by atoms with Crippen molar-refractivity contribution in [3.8, 4) is 6.07 Å². The van der Waals surface area contributed by atoms with E-state index in [0.29, 0.717) is 6.54 Å². The van der Waals surface area contributed by atoms with Crippen LogP contribution in [0.2, 0.25) is 0 Å². The van der Waals surface area contributed by atoms with Crippen LogP contribution in [0.5, 0.6) is 0 Å². The van der Waals surface area contributed by atoms with Gasteiger partial charge in [0, 0.05) is 25.6 Å². The molecule has 1 spiro atoms. The highest BCUT2D eigenvalue weighted by Crippen LogP contribution is 2.51. The summed E-state index contributed by atoms with van der Waals surface area (Å²) in [5.74, 6) is 0.147. The number of carbonyl (C=O) groups is 1. The molecule has 2 aliphatic rings. The van der Waals surface area contributed by atoms with Gasteiger partial charge in [-0.1, -0.05) is 6.42 Å². The molecule has 1 aliphatic heterocycles. The van der Waals surface area contributed by atoms with E-state index in [9.17, 15) is 9.90 Å². The molecule has 82 valence electrons. The molecule has 1 saturated carbocycles. The normalized spacial score (nSPS) is 27.5. The molecule has 15 heavy (non-hydrogen) atoms. The van der Waals surface area contributed by atoms with Crippen molar-refractivity contribution in [3.05, 3.63) is 0 Å². The Balaban J connectivity index is 2.02. The standard InChI is InChI=1S/C11H16N2O2/c12-5-2-10(15)13-6-9(7-14)11(8-13)3-1-4-11/h9,14H,1-4,6-8H2. The van der Waals surface area contributed by atoms with Crippen molar-refractivity contribution in [1.29, 1.82) is 5.26 Å². The first kappa shape index (κ1) is 10.4. The van der Waals surface area contributed by atoms with E-state index in [4.69, 9.17) is 5.26 Å². The lowest BCUT2D eigenvalue weighted by Crippen LogP contribution is -2.39. The van der Waals surface area contributed by atoms with Crippen molar-refractivity contribution in [3.63, 3.8) is 0 Å². The second kappa shape index (κ2) is 3.82. The Hall–Kier alpha value is -1.08. The minimum atomic E-state index is -0.0836. The zero-order valence-corrected chi connectivity index (χ0v) is 8.78. The summed E-state index contributed by atoms with van der Waals surface area (Å²) in [6.07, 6.45) is 3.41. The average molecular weight is 208 g/mol. The largest absolute Gasteiger partial charge is 0.396 e. The molecule has 1 aliphatic carbocycles. The monoisotopic (exact) mass is 208 g/mol. The van der Waals surface area contributed by atoms with E-state index in [1.165, 1.54) is 6.42 Å². The highest BCUT2D eigenvalue weighted by atomic mass is 16.3. The zero-order valence-electron chi connectivity index (χ0n) is 8.78. The molecule has 2 rings (SSSR count). The highest BCUT2D eigenvalue weighted by Gasteiger charge is 2.50. The third-order valence-corrected chi connectivity index (χ3v) is 3.97. The molecule has 1 amide bonds. The van der Waals surface area contributed by atoms with E-state index in [1.54, 1.807) is 4.90 Å². The predicted molar refractivity (Wildman–Crippen MR) is 53.7 cm³/mol. The summed E-state index contributed by atoms with van der Waals surface area (Å²) in [4.78, 5) is 13.3. The first-order valence-electron chi connectivity index (χ1n) is 5.47. The third-order valence-electron chi connectivity index (χ3n) is 3.97. The lowest BCUT2D eigenvalue weighted by molar-refractivity contribution is -0.129. The van der Waals surface area contributed by atoms with Crippen LogP contribution in [-0.2, 0) is 4.79 Å². The highest BCUT2D eigenvalue weighted by molar-refractivity contribution is 5.78. The number of amides is 1. The maximum Gasteiger partial charge on any atom is 0.236 e. The lowest BCUT2D eigenvalue weighted by Gasteiger charge is -2.42. The van der Waals surface area contributed by atoms with Crippen molar-refractivity contribution in [1.82, 2.24) is 4.90 Å². The van der Waals surface area contributed by atoms with E-state index in [0.717, 1.165) is 19.4 Å². The van der Waals surface area contributed by atoms with Gasteiger partial charge in [-0.05, 0) is 18.3 Å². The maximum atomic E-state index is 11.6. The molecule has 2 fully saturated rings. The van der Waals surface area contributed by atoms with Gasteiger partial charge in [-0.15, -0.1) is 0 Å². The third kappa shape index (κ3) is 1.61. The average Bonchev–Trinajstić information content (AvgIpc) is 2.56. The predicted octanol–water partition coefficient (Wildman–Crippen LogP) is 0.521. The number of nitriles is 1. The van der Waals surface area contributed by atoms with E-state index >= 15 is 0 Å². The fourth-order valence-electron chi connectivity index (χ4n) is 2.85. The van der Waals surface area contributed by atoms with Crippen molar-refractivity contribution >= 4 is 5.91 Å². The van der Waals surface area contributed by atoms with Gasteiger partial charge in [-0.25, -0.2) is 0 Å². The summed E-state index contributed by atoms with van der Waals surface area (Å²) in [5, 5.41) is 17.8. The van der Waals surface area contributed by atoms with Crippen LogP contribution in [0.25, 0.3) is 0 Å². The van der Waals surface area contributed by atoms with Gasteiger partial charge in [-0.2, -0.15) is 5.26 Å². The summed E-state index contributed by atoms with van der Waals surface area (Å²) < 4.78 is 0. The molecule has 1 N–H and O–H groups in total. The van der Waals surface area contributed by atoms with E-state index < -0.39 is 0 Å². The van der Waals surface area contributed by atoms with Crippen LogP contribution in [0.3, 0.4) is 0 Å². The number of nitrogens with zero attached hydrogens (tertiary/aromatic N) is 2. The zero-order chi connectivity index (χ0) is 10.9. The summed E-state index contributed by atoms with van der Waals surface area (Å²) in [7, 11) is 0. The van der Waals surface area contributed by atoms with Crippen LogP contribution in [0, 0.1) is 22.7 Å². The number of likely N-dealkylation sites (tertiary alicyclic amines) is 1. The maximum absolute atomic E-state index is 11.6. The van der Waals surface area contributed by atoms with Gasteiger partial charge in [0.15, 0.2) is 0 Å². The van der Waals surface area contributed by atoms with E-state index in [1.807, 2.05) is 6.07 Å². The summed E-state index contributed by atoms with van der Waals surface area (Å²) in [6, 6.07) is 1.89. The smallest absolute Gasteiger partial charge is 0.236 e. The Labute approximate surface area is 89.5 Å². The summed E-state index contributed by atoms with van der Waals surface area (Å²) >= 11 is 0. The molecule has 4 nitrogen and oxygen atoms in total. The quantitative estimate of drug-likeness (QED) is 0.719. The van der Waals surface area contributed by atoms with Crippen LogP contribution in [0.15, 0.2) is 0 Å².